The first kappa shape index (κ1) is 18.2. The Morgan fingerprint density at radius 3 is 2.33 bits per heavy atom. The Morgan fingerprint density at radius 2 is 1.81 bits per heavy atom. The molecule has 9 heteroatoms. The van der Waals surface area contributed by atoms with Crippen LogP contribution in [-0.2, 0) is 9.53 Å². The van der Waals surface area contributed by atoms with Gasteiger partial charge in [0, 0.05) is 6.61 Å². The predicted molar refractivity (Wildman–Crippen MR) is 68.9 cm³/mol. The monoisotopic (exact) mass is 309 g/mol. The second kappa shape index (κ2) is 7.45. The molecule has 0 aromatic heterocycles. The van der Waals surface area contributed by atoms with Crippen molar-refractivity contribution in [2.24, 2.45) is 0 Å². The minimum atomic E-state index is -1.58. The van der Waals surface area contributed by atoms with Gasteiger partial charge in [-0.05, 0) is 13.3 Å². The Hall–Kier alpha value is -0.810. The van der Waals surface area contributed by atoms with Crippen molar-refractivity contribution < 1.29 is 40.2 Å². The van der Waals surface area contributed by atoms with Crippen LogP contribution in [0.25, 0.3) is 0 Å². The number of nitrogens with one attached hydrogen (secondary N) is 1. The first-order chi connectivity index (χ1) is 9.71. The molecule has 0 saturated carbocycles. The van der Waals surface area contributed by atoms with E-state index in [4.69, 9.17) is 14.9 Å². The average Bonchev–Trinajstić information content (AvgIpc) is 2.38. The van der Waals surface area contributed by atoms with Crippen molar-refractivity contribution in [2.75, 3.05) is 13.2 Å². The first-order valence-corrected chi connectivity index (χ1v) is 6.65. The maximum Gasteiger partial charge on any atom is 0.224 e. The van der Waals surface area contributed by atoms with E-state index in [9.17, 15) is 25.2 Å². The van der Waals surface area contributed by atoms with E-state index in [1.165, 1.54) is 6.92 Å². The van der Waals surface area contributed by atoms with Gasteiger partial charge in [0.05, 0.1) is 18.6 Å². The second-order valence-corrected chi connectivity index (χ2v) is 5.46. The highest BCUT2D eigenvalue weighted by Crippen LogP contribution is 2.20. The van der Waals surface area contributed by atoms with Gasteiger partial charge in [0.1, 0.15) is 24.4 Å². The molecule has 0 radical (unpaired) electrons. The fourth-order valence-corrected chi connectivity index (χ4v) is 2.11. The first-order valence-electron chi connectivity index (χ1n) is 6.65. The number of aliphatic hydroxyl groups excluding tert-OH is 5. The molecule has 124 valence electrons. The molecule has 2 unspecified atom stereocenters. The van der Waals surface area contributed by atoms with Gasteiger partial charge in [0.2, 0.25) is 5.91 Å². The molecule has 1 fully saturated rings. The molecule has 1 amide bonds. The van der Waals surface area contributed by atoms with Gasteiger partial charge in [0.15, 0.2) is 6.23 Å². The van der Waals surface area contributed by atoms with Gasteiger partial charge in [-0.2, -0.15) is 0 Å². The zero-order valence-corrected chi connectivity index (χ0v) is 11.7. The molecule has 6 atom stereocenters. The van der Waals surface area contributed by atoms with Crippen LogP contribution in [-0.4, -0.2) is 86.0 Å². The highest BCUT2D eigenvalue weighted by molar-refractivity contribution is 5.77. The second-order valence-electron chi connectivity index (χ2n) is 5.46. The third-order valence-electron chi connectivity index (χ3n) is 3.39. The van der Waals surface area contributed by atoms with Crippen molar-refractivity contribution in [2.45, 2.75) is 56.0 Å². The molecule has 21 heavy (non-hydrogen) atoms. The fraction of sp³-hybridized carbons (Fsp3) is 0.917. The summed E-state index contributed by atoms with van der Waals surface area (Å²) in [5.41, 5.74) is -1.42. The van der Waals surface area contributed by atoms with Gasteiger partial charge in [0.25, 0.3) is 0 Å². The van der Waals surface area contributed by atoms with E-state index in [1.54, 1.807) is 0 Å². The van der Waals surface area contributed by atoms with Gasteiger partial charge in [-0.25, -0.2) is 0 Å². The molecule has 0 bridgehead atoms. The number of hydrogen-bond donors (Lipinski definition) is 7. The lowest BCUT2D eigenvalue weighted by atomic mass is 9.96. The predicted octanol–water partition coefficient (Wildman–Crippen LogP) is -3.57. The van der Waals surface area contributed by atoms with E-state index in [0.717, 1.165) is 0 Å². The lowest BCUT2D eigenvalue weighted by Gasteiger charge is -2.40. The van der Waals surface area contributed by atoms with Crippen molar-refractivity contribution in [3.05, 3.63) is 0 Å². The largest absolute Gasteiger partial charge is 0.396 e. The van der Waals surface area contributed by atoms with Crippen molar-refractivity contribution in [1.82, 2.24) is 5.32 Å². The number of rotatable bonds is 6. The maximum absolute atomic E-state index is 11.8. The molecule has 0 aliphatic carbocycles. The molecule has 0 aromatic carbocycles. The van der Waals surface area contributed by atoms with Crippen LogP contribution < -0.4 is 5.32 Å². The third-order valence-corrected chi connectivity index (χ3v) is 3.39. The van der Waals surface area contributed by atoms with Gasteiger partial charge in [-0.1, -0.05) is 0 Å². The molecule has 1 saturated heterocycles. The highest BCUT2D eigenvalue weighted by atomic mass is 16.6. The van der Waals surface area contributed by atoms with Crippen LogP contribution in [0.15, 0.2) is 0 Å². The molecule has 1 aliphatic heterocycles. The highest BCUT2D eigenvalue weighted by Gasteiger charge is 2.44. The van der Waals surface area contributed by atoms with Gasteiger partial charge in [-0.3, -0.25) is 4.79 Å². The van der Waals surface area contributed by atoms with Gasteiger partial charge < -0.3 is 40.7 Å². The summed E-state index contributed by atoms with van der Waals surface area (Å²) >= 11 is 0. The molecule has 1 aliphatic rings. The van der Waals surface area contributed by atoms with E-state index >= 15 is 0 Å². The topological polar surface area (TPSA) is 160 Å². The summed E-state index contributed by atoms with van der Waals surface area (Å²) in [6.07, 6.45) is -7.45. The fourth-order valence-electron chi connectivity index (χ4n) is 2.11. The van der Waals surface area contributed by atoms with Crippen LogP contribution >= 0.6 is 0 Å². The summed E-state index contributed by atoms with van der Waals surface area (Å²) in [6.45, 7) is 0.482. The summed E-state index contributed by atoms with van der Waals surface area (Å²) in [6, 6.07) is 0. The number of amides is 1. The van der Waals surface area contributed by atoms with E-state index in [-0.39, 0.29) is 19.4 Å². The van der Waals surface area contributed by atoms with E-state index in [0.29, 0.717) is 0 Å². The van der Waals surface area contributed by atoms with Gasteiger partial charge in [-0.15, -0.1) is 0 Å². The van der Waals surface area contributed by atoms with Gasteiger partial charge >= 0.3 is 0 Å². The Labute approximate surface area is 121 Å². The normalized spacial score (nSPS) is 36.0. The Kier molecular flexibility index (Phi) is 6.47. The summed E-state index contributed by atoms with van der Waals surface area (Å²) in [4.78, 5) is 11.8. The van der Waals surface area contributed by atoms with E-state index < -0.39 is 48.8 Å². The minimum Gasteiger partial charge on any atom is -0.396 e. The lowest BCUT2D eigenvalue weighted by Crippen LogP contribution is -2.63. The Bertz CT molecular complexity index is 348. The molecule has 7 N–H and O–H groups in total. The van der Waals surface area contributed by atoms with Crippen molar-refractivity contribution >= 4 is 5.91 Å². The Balaban J connectivity index is 2.62. The van der Waals surface area contributed by atoms with Crippen molar-refractivity contribution in [1.29, 1.82) is 0 Å². The lowest BCUT2D eigenvalue weighted by molar-refractivity contribution is -0.236. The summed E-state index contributed by atoms with van der Waals surface area (Å²) in [5.74, 6) is -0.669. The molecule has 0 spiro atoms. The molecule has 9 nitrogen and oxygen atoms in total. The Morgan fingerprint density at radius 1 is 1.19 bits per heavy atom. The molecular formula is C12H23NO8. The van der Waals surface area contributed by atoms with Crippen LogP contribution in [0.2, 0.25) is 0 Å². The van der Waals surface area contributed by atoms with Crippen molar-refractivity contribution in [3.63, 3.8) is 0 Å². The van der Waals surface area contributed by atoms with Crippen molar-refractivity contribution in [3.8, 4) is 0 Å². The van der Waals surface area contributed by atoms with Crippen LogP contribution in [0.4, 0.5) is 0 Å². The third kappa shape index (κ3) is 4.85. The van der Waals surface area contributed by atoms with E-state index in [2.05, 4.69) is 5.32 Å². The number of hydrogen-bond acceptors (Lipinski definition) is 8. The number of carbonyl (C=O) groups excluding carboxylic acids is 1. The number of aliphatic hydroxyl groups is 6. The van der Waals surface area contributed by atoms with Crippen LogP contribution in [0.1, 0.15) is 19.8 Å². The zero-order valence-electron chi connectivity index (χ0n) is 11.7. The van der Waals surface area contributed by atoms with Crippen LogP contribution in [0, 0.1) is 0 Å². The summed E-state index contributed by atoms with van der Waals surface area (Å²) in [5, 5.41) is 58.8. The SMILES string of the molecule is CC(O)(CCO)CC(=O)NC1O[C@H](CO)[C@@H](O)[C@H](O)[C@H]1O. The molecule has 1 heterocycles. The zero-order chi connectivity index (χ0) is 16.2. The minimum absolute atomic E-state index is 0.00486. The number of ether oxygens (including phenoxy) is 1. The summed E-state index contributed by atoms with van der Waals surface area (Å²) in [7, 11) is 0. The maximum atomic E-state index is 11.8. The van der Waals surface area contributed by atoms with Crippen LogP contribution in [0.5, 0.6) is 0 Å². The smallest absolute Gasteiger partial charge is 0.224 e. The molecular weight excluding hydrogens is 286 g/mol. The number of carbonyl (C=O) groups is 1. The standard InChI is InChI=1S/C12H23NO8/c1-12(20,2-3-14)4-7(16)13-11-10(19)9(18)8(17)6(5-15)21-11/h6,8-11,14-15,17-20H,2-5H2,1H3,(H,13,16)/t6-,8-,9+,10-,11?,12?/m1/s1. The molecule has 1 rings (SSSR count). The van der Waals surface area contributed by atoms with E-state index in [1.807, 2.05) is 0 Å². The average molecular weight is 309 g/mol. The summed E-state index contributed by atoms with van der Waals surface area (Å²) < 4.78 is 5.10. The molecule has 0 aromatic rings. The quantitative estimate of drug-likeness (QED) is 0.265. The van der Waals surface area contributed by atoms with Crippen LogP contribution in [0.3, 0.4) is 0 Å².